The van der Waals surface area contributed by atoms with E-state index in [2.05, 4.69) is 26.4 Å². The van der Waals surface area contributed by atoms with Crippen molar-refractivity contribution in [1.29, 1.82) is 0 Å². The van der Waals surface area contributed by atoms with E-state index in [0.717, 1.165) is 54.1 Å². The van der Waals surface area contributed by atoms with Crippen LogP contribution in [0.15, 0.2) is 14.5 Å². The molecule has 0 aliphatic heterocycles. The largest absolute Gasteiger partial charge is 0.383 e. The molecule has 0 radical (unpaired) electrons. The van der Waals surface area contributed by atoms with Crippen molar-refractivity contribution in [2.45, 2.75) is 63.3 Å². The van der Waals surface area contributed by atoms with Gasteiger partial charge >= 0.3 is 0 Å². The van der Waals surface area contributed by atoms with Crippen LogP contribution in [-0.4, -0.2) is 35.1 Å². The van der Waals surface area contributed by atoms with Crippen LogP contribution >= 0.6 is 0 Å². The number of carbonyl (C=O) groups excluding carboxylic acids is 1. The molecule has 0 unspecified atom stereocenters. The Morgan fingerprint density at radius 3 is 2.61 bits per heavy atom. The van der Waals surface area contributed by atoms with Gasteiger partial charge in [-0.15, -0.1) is 0 Å². The highest BCUT2D eigenvalue weighted by molar-refractivity contribution is 6.12. The average Bonchev–Trinajstić information content (AvgIpc) is 3.16. The number of hydrogen-bond acceptors (Lipinski definition) is 5. The summed E-state index contributed by atoms with van der Waals surface area (Å²) in [7, 11) is 1.67. The van der Waals surface area contributed by atoms with E-state index in [-0.39, 0.29) is 5.78 Å². The molecule has 0 spiro atoms. The van der Waals surface area contributed by atoms with Crippen molar-refractivity contribution in [3.8, 4) is 11.3 Å². The van der Waals surface area contributed by atoms with Gasteiger partial charge in [0, 0.05) is 36.7 Å². The Labute approximate surface area is 163 Å². The Morgan fingerprint density at radius 1 is 1.21 bits per heavy atom. The Kier molecular flexibility index (Phi) is 4.00. The van der Waals surface area contributed by atoms with Gasteiger partial charge in [0.05, 0.1) is 11.1 Å². The summed E-state index contributed by atoms with van der Waals surface area (Å²) in [6, 6.07) is 0.346. The smallest absolute Gasteiger partial charge is 0.169 e. The molecular weight excluding hydrogens is 354 g/mol. The molecule has 2 heterocycles. The molecule has 28 heavy (non-hydrogen) atoms. The minimum absolute atomic E-state index is 0.110. The minimum Gasteiger partial charge on any atom is -0.383 e. The molecule has 2 aromatic heterocycles. The number of ketones is 1. The number of amidine groups is 1. The molecule has 7 heteroatoms. The summed E-state index contributed by atoms with van der Waals surface area (Å²) in [6.07, 6.45) is 7.77. The number of Topliss-reactive ketones (excluding diaryl/α,β-unsaturated/α-hetero) is 1. The Bertz CT molecular complexity index is 1000. The quantitative estimate of drug-likeness (QED) is 0.642. The number of nitrogens with two attached hydrogens (primary N) is 1. The molecule has 2 saturated carbocycles. The third kappa shape index (κ3) is 2.41. The molecule has 5 rings (SSSR count). The summed E-state index contributed by atoms with van der Waals surface area (Å²) in [6.45, 7) is 3.83. The molecule has 3 aliphatic rings. The second-order valence-electron chi connectivity index (χ2n) is 8.06. The maximum atomic E-state index is 13.0. The average molecular weight is 379 g/mol. The van der Waals surface area contributed by atoms with Crippen LogP contribution in [0.25, 0.3) is 11.3 Å². The molecule has 0 atom stereocenters. The van der Waals surface area contributed by atoms with Crippen LogP contribution in [0, 0.1) is 0 Å². The highest BCUT2D eigenvalue weighted by Gasteiger charge is 2.40. The summed E-state index contributed by atoms with van der Waals surface area (Å²) >= 11 is 0. The van der Waals surface area contributed by atoms with E-state index < -0.39 is 0 Å². The van der Waals surface area contributed by atoms with E-state index in [1.165, 1.54) is 12.8 Å². The van der Waals surface area contributed by atoms with Crippen molar-refractivity contribution in [3.05, 3.63) is 22.6 Å². The molecule has 0 aromatic carbocycles. The number of nitrogens with zero attached hydrogens (tertiary/aromatic N) is 4. The molecule has 0 bridgehead atoms. The first-order chi connectivity index (χ1) is 13.7. The third-order valence-corrected chi connectivity index (χ3v) is 6.39. The molecule has 2 aromatic rings. The van der Waals surface area contributed by atoms with Crippen LogP contribution in [0.2, 0.25) is 0 Å². The van der Waals surface area contributed by atoms with Gasteiger partial charge in [0.25, 0.3) is 0 Å². The zero-order valence-corrected chi connectivity index (χ0v) is 16.2. The van der Waals surface area contributed by atoms with E-state index in [4.69, 9.17) is 10.3 Å². The van der Waals surface area contributed by atoms with Crippen molar-refractivity contribution >= 4 is 24.2 Å². The van der Waals surface area contributed by atoms with E-state index in [0.29, 0.717) is 41.9 Å². The van der Waals surface area contributed by atoms with Crippen LogP contribution in [-0.2, 0) is 6.42 Å². The Hall–Kier alpha value is -2.70. The summed E-state index contributed by atoms with van der Waals surface area (Å²) < 4.78 is 7.95. The van der Waals surface area contributed by atoms with Crippen molar-refractivity contribution in [3.63, 3.8) is 0 Å². The molecule has 146 valence electrons. The maximum Gasteiger partial charge on any atom is 0.169 e. The monoisotopic (exact) mass is 379 g/mol. The number of rotatable bonds is 4. The number of aliphatic imine (C=N–C) groups is 2. The van der Waals surface area contributed by atoms with Crippen molar-refractivity contribution in [2.24, 2.45) is 15.7 Å². The summed E-state index contributed by atoms with van der Waals surface area (Å²) in [5.74, 6) is 2.31. The van der Waals surface area contributed by atoms with E-state index in [9.17, 15) is 4.79 Å². The molecule has 7 nitrogen and oxygen atoms in total. The molecule has 3 aliphatic carbocycles. The van der Waals surface area contributed by atoms with Crippen molar-refractivity contribution < 1.29 is 9.32 Å². The molecule has 2 N–H and O–H groups in total. The lowest BCUT2D eigenvalue weighted by Gasteiger charge is -2.18. The molecule has 0 amide bonds. The number of carbonyl (C=O) groups is 1. The lowest BCUT2D eigenvalue weighted by molar-refractivity contribution is 0.0981. The minimum atomic E-state index is 0.110. The zero-order chi connectivity index (χ0) is 19.4. The first-order valence-corrected chi connectivity index (χ1v) is 10.1. The van der Waals surface area contributed by atoms with Crippen LogP contribution < -0.4 is 5.73 Å². The standard InChI is InChI=1S/C21H25N5O2/c1-23-20(22)17-15-13(26(21(17)24-2)12-5-3-4-6-12)9-10-14(27)16-18(15)25-28-19(16)11-7-8-11/h11-12H,2-10H2,1H3,(H2,22,23). The summed E-state index contributed by atoms with van der Waals surface area (Å²) in [5, 5.41) is 4.38. The van der Waals surface area contributed by atoms with Gasteiger partial charge in [-0.05, 0) is 38.8 Å². The van der Waals surface area contributed by atoms with Gasteiger partial charge in [-0.1, -0.05) is 18.0 Å². The van der Waals surface area contributed by atoms with Crippen molar-refractivity contribution in [1.82, 2.24) is 9.72 Å². The number of hydrogen-bond donors (Lipinski definition) is 1. The number of aromatic nitrogens is 2. The lowest BCUT2D eigenvalue weighted by Crippen LogP contribution is -2.14. The fourth-order valence-corrected chi connectivity index (χ4v) is 4.91. The molecular formula is C21H25N5O2. The number of fused-ring (bicyclic) bond motifs is 3. The second kappa shape index (κ2) is 6.43. The van der Waals surface area contributed by atoms with E-state index in [1.54, 1.807) is 7.05 Å². The predicted octanol–water partition coefficient (Wildman–Crippen LogP) is 3.93. The highest BCUT2D eigenvalue weighted by atomic mass is 16.5. The summed E-state index contributed by atoms with van der Waals surface area (Å²) in [4.78, 5) is 21.6. The van der Waals surface area contributed by atoms with Gasteiger partial charge in [-0.25, -0.2) is 4.99 Å². The normalized spacial score (nSPS) is 20.2. The topological polar surface area (TPSA) is 98.8 Å². The van der Waals surface area contributed by atoms with Gasteiger partial charge in [0.15, 0.2) is 11.5 Å². The van der Waals surface area contributed by atoms with E-state index >= 15 is 0 Å². The second-order valence-corrected chi connectivity index (χ2v) is 8.06. The van der Waals surface area contributed by atoms with Gasteiger partial charge in [-0.3, -0.25) is 9.79 Å². The lowest BCUT2D eigenvalue weighted by atomic mass is 10.00. The maximum absolute atomic E-state index is 13.0. The molecule has 2 fully saturated rings. The van der Waals surface area contributed by atoms with Gasteiger partial charge in [-0.2, -0.15) is 0 Å². The third-order valence-electron chi connectivity index (χ3n) is 6.39. The fourth-order valence-electron chi connectivity index (χ4n) is 4.91. The Balaban J connectivity index is 1.83. The van der Waals surface area contributed by atoms with Gasteiger partial charge in [0.1, 0.15) is 17.3 Å². The summed E-state index contributed by atoms with van der Waals surface area (Å²) in [5.41, 5.74) is 10.3. The fraction of sp³-hybridized carbons (Fsp3) is 0.524. The predicted molar refractivity (Wildman–Crippen MR) is 108 cm³/mol. The van der Waals surface area contributed by atoms with Gasteiger partial charge < -0.3 is 14.8 Å². The van der Waals surface area contributed by atoms with Crippen molar-refractivity contribution in [2.75, 3.05) is 7.05 Å². The SMILES string of the molecule is C=Nc1c(C(N)=NC)c2c(n1C1CCCC1)CCC(=O)c1c-2noc1C1CC1. The van der Waals surface area contributed by atoms with Gasteiger partial charge in [0.2, 0.25) is 0 Å². The zero-order valence-electron chi connectivity index (χ0n) is 16.2. The first-order valence-electron chi connectivity index (χ1n) is 10.1. The van der Waals surface area contributed by atoms with Crippen LogP contribution in [0.1, 0.15) is 84.3 Å². The van der Waals surface area contributed by atoms with Crippen LogP contribution in [0.3, 0.4) is 0 Å². The first kappa shape index (κ1) is 17.4. The Morgan fingerprint density at radius 2 is 1.96 bits per heavy atom. The van der Waals surface area contributed by atoms with Crippen LogP contribution in [0.4, 0.5) is 5.82 Å². The van der Waals surface area contributed by atoms with E-state index in [1.807, 2.05) is 0 Å². The van der Waals surface area contributed by atoms with Crippen LogP contribution in [0.5, 0.6) is 0 Å². The highest BCUT2D eigenvalue weighted by Crippen LogP contribution is 2.49. The molecule has 0 saturated heterocycles.